The zero-order chi connectivity index (χ0) is 12.6. The second-order valence-electron chi connectivity index (χ2n) is 5.91. The SMILES string of the molecule is COC1=C[C@@]2(C)CC[C@@H](C(C)C)CC2=CC1=O. The summed E-state index contributed by atoms with van der Waals surface area (Å²) in [4.78, 5) is 11.8. The largest absolute Gasteiger partial charge is 0.493 e. The monoisotopic (exact) mass is 234 g/mol. The van der Waals surface area contributed by atoms with E-state index in [1.165, 1.54) is 12.0 Å². The second-order valence-corrected chi connectivity index (χ2v) is 5.91. The highest BCUT2D eigenvalue weighted by atomic mass is 16.5. The summed E-state index contributed by atoms with van der Waals surface area (Å²) in [6.07, 6.45) is 7.27. The minimum absolute atomic E-state index is 0.0318. The lowest BCUT2D eigenvalue weighted by atomic mass is 9.64. The normalized spacial score (nSPS) is 33.0. The summed E-state index contributed by atoms with van der Waals surface area (Å²) >= 11 is 0. The number of allylic oxidation sites excluding steroid dienone is 3. The highest BCUT2D eigenvalue weighted by molar-refractivity contribution is 6.04. The molecule has 0 aromatic heterocycles. The van der Waals surface area contributed by atoms with Crippen LogP contribution >= 0.6 is 0 Å². The molecule has 1 fully saturated rings. The van der Waals surface area contributed by atoms with Crippen molar-refractivity contribution in [3.63, 3.8) is 0 Å². The van der Waals surface area contributed by atoms with Gasteiger partial charge in [-0.05, 0) is 43.3 Å². The third kappa shape index (κ3) is 2.18. The molecule has 0 saturated heterocycles. The van der Waals surface area contributed by atoms with Crippen LogP contribution in [0.2, 0.25) is 0 Å². The molecule has 17 heavy (non-hydrogen) atoms. The maximum absolute atomic E-state index is 11.8. The zero-order valence-corrected chi connectivity index (χ0v) is 11.2. The number of hydrogen-bond donors (Lipinski definition) is 0. The number of methoxy groups -OCH3 is 1. The highest BCUT2D eigenvalue weighted by Crippen LogP contribution is 2.48. The predicted octanol–water partition coefficient (Wildman–Crippen LogP) is 3.49. The summed E-state index contributed by atoms with van der Waals surface area (Å²) in [5.41, 5.74) is 1.35. The van der Waals surface area contributed by atoms with Crippen LogP contribution in [-0.2, 0) is 9.53 Å². The van der Waals surface area contributed by atoms with Crippen LogP contribution in [0.5, 0.6) is 0 Å². The average Bonchev–Trinajstić information content (AvgIpc) is 2.28. The van der Waals surface area contributed by atoms with Gasteiger partial charge in [0.2, 0.25) is 5.78 Å². The molecule has 0 aromatic rings. The second kappa shape index (κ2) is 4.32. The molecule has 0 bridgehead atoms. The summed E-state index contributed by atoms with van der Waals surface area (Å²) in [6, 6.07) is 0. The van der Waals surface area contributed by atoms with Crippen molar-refractivity contribution in [3.8, 4) is 0 Å². The standard InChI is InChI=1S/C15H22O2/c1-10(2)11-5-6-15(3)9-14(17-4)13(16)8-12(15)7-11/h8-11H,5-7H2,1-4H3/t11-,15-/m1/s1. The van der Waals surface area contributed by atoms with Crippen LogP contribution in [-0.4, -0.2) is 12.9 Å². The molecule has 0 spiro atoms. The van der Waals surface area contributed by atoms with Gasteiger partial charge in [-0.15, -0.1) is 0 Å². The minimum Gasteiger partial charge on any atom is -0.493 e. The van der Waals surface area contributed by atoms with Gasteiger partial charge in [-0.2, -0.15) is 0 Å². The minimum atomic E-state index is 0.0318. The van der Waals surface area contributed by atoms with E-state index in [2.05, 4.69) is 20.8 Å². The Morgan fingerprint density at radius 1 is 1.47 bits per heavy atom. The van der Waals surface area contributed by atoms with Gasteiger partial charge in [0.25, 0.3) is 0 Å². The number of hydrogen-bond acceptors (Lipinski definition) is 2. The fourth-order valence-corrected chi connectivity index (χ4v) is 2.97. The first-order valence-corrected chi connectivity index (χ1v) is 6.48. The van der Waals surface area contributed by atoms with Crippen LogP contribution in [0.25, 0.3) is 0 Å². The zero-order valence-electron chi connectivity index (χ0n) is 11.2. The van der Waals surface area contributed by atoms with Crippen molar-refractivity contribution in [3.05, 3.63) is 23.5 Å². The van der Waals surface area contributed by atoms with E-state index in [9.17, 15) is 4.79 Å². The topological polar surface area (TPSA) is 26.3 Å². The molecule has 0 amide bonds. The molecule has 2 aliphatic carbocycles. The van der Waals surface area contributed by atoms with Crippen LogP contribution in [0.15, 0.2) is 23.5 Å². The molecule has 2 nitrogen and oxygen atoms in total. The van der Waals surface area contributed by atoms with Crippen LogP contribution in [0.3, 0.4) is 0 Å². The van der Waals surface area contributed by atoms with Crippen molar-refractivity contribution in [2.24, 2.45) is 17.3 Å². The van der Waals surface area contributed by atoms with E-state index in [1.807, 2.05) is 12.2 Å². The van der Waals surface area contributed by atoms with Crippen molar-refractivity contribution in [1.82, 2.24) is 0 Å². The van der Waals surface area contributed by atoms with Crippen molar-refractivity contribution >= 4 is 5.78 Å². The van der Waals surface area contributed by atoms with Gasteiger partial charge in [0, 0.05) is 5.41 Å². The molecule has 1 saturated carbocycles. The van der Waals surface area contributed by atoms with Gasteiger partial charge in [-0.3, -0.25) is 4.79 Å². The Morgan fingerprint density at radius 3 is 2.76 bits per heavy atom. The lowest BCUT2D eigenvalue weighted by molar-refractivity contribution is -0.114. The summed E-state index contributed by atoms with van der Waals surface area (Å²) in [7, 11) is 1.58. The fourth-order valence-electron chi connectivity index (χ4n) is 2.97. The molecule has 0 N–H and O–H groups in total. The Labute approximate surface area is 104 Å². The molecule has 2 rings (SSSR count). The van der Waals surface area contributed by atoms with E-state index in [0.29, 0.717) is 11.7 Å². The number of fused-ring (bicyclic) bond motifs is 1. The number of ether oxygens (including phenoxy) is 1. The van der Waals surface area contributed by atoms with Gasteiger partial charge in [0.05, 0.1) is 7.11 Å². The summed E-state index contributed by atoms with van der Waals surface area (Å²) in [6.45, 7) is 6.77. The molecule has 2 atom stereocenters. The Hall–Kier alpha value is -1.05. The molecule has 2 aliphatic rings. The Bertz CT molecular complexity index is 390. The predicted molar refractivity (Wildman–Crippen MR) is 68.5 cm³/mol. The molecule has 0 aliphatic heterocycles. The number of carbonyl (C=O) groups is 1. The quantitative estimate of drug-likeness (QED) is 0.731. The lowest BCUT2D eigenvalue weighted by Crippen LogP contribution is -2.31. The van der Waals surface area contributed by atoms with E-state index in [4.69, 9.17) is 4.74 Å². The van der Waals surface area contributed by atoms with Crippen molar-refractivity contribution in [2.45, 2.75) is 40.0 Å². The summed E-state index contributed by atoms with van der Waals surface area (Å²) in [5, 5.41) is 0. The van der Waals surface area contributed by atoms with Gasteiger partial charge in [0.1, 0.15) is 0 Å². The molecular formula is C15H22O2. The summed E-state index contributed by atoms with van der Waals surface area (Å²) < 4.78 is 5.16. The Kier molecular flexibility index (Phi) is 3.15. The van der Waals surface area contributed by atoms with Crippen LogP contribution < -0.4 is 0 Å². The Morgan fingerprint density at radius 2 is 2.18 bits per heavy atom. The number of carbonyl (C=O) groups excluding carboxylic acids is 1. The van der Waals surface area contributed by atoms with Crippen LogP contribution in [0.1, 0.15) is 40.0 Å². The molecule has 2 heteroatoms. The average molecular weight is 234 g/mol. The van der Waals surface area contributed by atoms with Gasteiger partial charge < -0.3 is 4.74 Å². The number of rotatable bonds is 2. The molecule has 0 unspecified atom stereocenters. The van der Waals surface area contributed by atoms with Crippen LogP contribution in [0.4, 0.5) is 0 Å². The molecule has 0 radical (unpaired) electrons. The lowest BCUT2D eigenvalue weighted by Gasteiger charge is -2.41. The van der Waals surface area contributed by atoms with Crippen molar-refractivity contribution < 1.29 is 9.53 Å². The first-order chi connectivity index (χ1) is 7.96. The van der Waals surface area contributed by atoms with E-state index in [0.717, 1.165) is 18.8 Å². The smallest absolute Gasteiger partial charge is 0.220 e. The van der Waals surface area contributed by atoms with E-state index in [-0.39, 0.29) is 11.2 Å². The highest BCUT2D eigenvalue weighted by Gasteiger charge is 2.38. The molecule has 0 aromatic carbocycles. The van der Waals surface area contributed by atoms with Crippen molar-refractivity contribution in [1.29, 1.82) is 0 Å². The fraction of sp³-hybridized carbons (Fsp3) is 0.667. The first kappa shape index (κ1) is 12.4. The number of ketones is 1. The van der Waals surface area contributed by atoms with Gasteiger partial charge >= 0.3 is 0 Å². The Balaban J connectivity index is 2.26. The summed E-state index contributed by atoms with van der Waals surface area (Å²) in [5.74, 6) is 1.96. The van der Waals surface area contributed by atoms with Gasteiger partial charge in [0.15, 0.2) is 5.76 Å². The first-order valence-electron chi connectivity index (χ1n) is 6.48. The maximum atomic E-state index is 11.8. The van der Waals surface area contributed by atoms with Gasteiger partial charge in [-0.25, -0.2) is 0 Å². The van der Waals surface area contributed by atoms with E-state index in [1.54, 1.807) is 7.11 Å². The molecular weight excluding hydrogens is 212 g/mol. The third-order valence-corrected chi connectivity index (χ3v) is 4.41. The van der Waals surface area contributed by atoms with Crippen LogP contribution in [0, 0.1) is 17.3 Å². The van der Waals surface area contributed by atoms with E-state index >= 15 is 0 Å². The molecule has 94 valence electrons. The van der Waals surface area contributed by atoms with Crippen molar-refractivity contribution in [2.75, 3.05) is 7.11 Å². The van der Waals surface area contributed by atoms with E-state index < -0.39 is 0 Å². The molecule has 0 heterocycles. The third-order valence-electron chi connectivity index (χ3n) is 4.41. The maximum Gasteiger partial charge on any atom is 0.220 e. The van der Waals surface area contributed by atoms with Gasteiger partial charge in [-0.1, -0.05) is 26.3 Å².